The van der Waals surface area contributed by atoms with Crippen LogP contribution in [0.5, 0.6) is 0 Å². The number of anilines is 1. The fraction of sp³-hybridized carbons (Fsp3) is 0.462. The lowest BCUT2D eigenvalue weighted by molar-refractivity contribution is 0.276. The topological polar surface area (TPSA) is 77.9 Å². The summed E-state index contributed by atoms with van der Waals surface area (Å²) in [6.45, 7) is 1.88. The molecule has 0 amide bonds. The van der Waals surface area contributed by atoms with Crippen LogP contribution >= 0.6 is 0 Å². The molecule has 1 aliphatic rings. The normalized spacial score (nSPS) is 16.8. The van der Waals surface area contributed by atoms with Gasteiger partial charge in [0.05, 0.1) is 24.7 Å². The van der Waals surface area contributed by atoms with Crippen molar-refractivity contribution in [1.82, 2.24) is 20.2 Å². The van der Waals surface area contributed by atoms with Crippen molar-refractivity contribution in [1.29, 1.82) is 0 Å². The number of aromatic nitrogens is 4. The Bertz CT molecular complexity index is 502. The minimum Gasteiger partial charge on any atom is -0.390 e. The zero-order valence-electron chi connectivity index (χ0n) is 10.7. The van der Waals surface area contributed by atoms with E-state index >= 15 is 0 Å². The Labute approximate surface area is 111 Å². The summed E-state index contributed by atoms with van der Waals surface area (Å²) in [7, 11) is 0. The van der Waals surface area contributed by atoms with Crippen LogP contribution < -0.4 is 4.90 Å². The molecule has 0 unspecified atom stereocenters. The van der Waals surface area contributed by atoms with Gasteiger partial charge in [0, 0.05) is 30.9 Å². The summed E-state index contributed by atoms with van der Waals surface area (Å²) in [5, 5.41) is 16.0. The van der Waals surface area contributed by atoms with Gasteiger partial charge in [-0.2, -0.15) is 5.10 Å². The molecular weight excluding hydrogens is 242 g/mol. The van der Waals surface area contributed by atoms with E-state index in [9.17, 15) is 0 Å². The van der Waals surface area contributed by atoms with Crippen molar-refractivity contribution in [3.05, 3.63) is 36.0 Å². The first kappa shape index (κ1) is 12.1. The van der Waals surface area contributed by atoms with E-state index < -0.39 is 0 Å². The van der Waals surface area contributed by atoms with Gasteiger partial charge in [0.1, 0.15) is 5.82 Å². The van der Waals surface area contributed by atoms with Gasteiger partial charge in [-0.1, -0.05) is 0 Å². The molecule has 0 bridgehead atoms. The number of H-pyrrole nitrogens is 1. The zero-order valence-corrected chi connectivity index (χ0v) is 10.7. The van der Waals surface area contributed by atoms with E-state index in [0.29, 0.717) is 11.6 Å². The number of hydrogen-bond donors (Lipinski definition) is 2. The van der Waals surface area contributed by atoms with E-state index in [0.717, 1.165) is 31.7 Å². The van der Waals surface area contributed by atoms with E-state index in [-0.39, 0.29) is 6.61 Å². The standard InChI is InChI=1S/C13H17N5O/c19-9-11-7-15-13(8-14-11)18-5-2-10(3-6-18)12-1-4-16-17-12/h1,4,7-8,10,19H,2-3,5-6,9H2,(H,16,17). The summed E-state index contributed by atoms with van der Waals surface area (Å²) in [5.41, 5.74) is 1.83. The quantitative estimate of drug-likeness (QED) is 0.862. The number of aliphatic hydroxyl groups excluding tert-OH is 1. The molecule has 3 heterocycles. The molecule has 0 spiro atoms. The van der Waals surface area contributed by atoms with Gasteiger partial charge in [-0.25, -0.2) is 4.98 Å². The van der Waals surface area contributed by atoms with E-state index in [4.69, 9.17) is 5.11 Å². The largest absolute Gasteiger partial charge is 0.390 e. The summed E-state index contributed by atoms with van der Waals surface area (Å²) in [5.74, 6) is 1.45. The predicted octanol–water partition coefficient (Wildman–Crippen LogP) is 1.08. The molecule has 6 nitrogen and oxygen atoms in total. The Morgan fingerprint density at radius 3 is 2.68 bits per heavy atom. The van der Waals surface area contributed by atoms with E-state index in [1.165, 1.54) is 5.69 Å². The first-order chi connectivity index (χ1) is 9.36. The highest BCUT2D eigenvalue weighted by Crippen LogP contribution is 2.28. The van der Waals surface area contributed by atoms with Crippen LogP contribution in [0, 0.1) is 0 Å². The molecule has 6 heteroatoms. The zero-order chi connectivity index (χ0) is 13.1. The van der Waals surface area contributed by atoms with Crippen LogP contribution in [0.1, 0.15) is 30.1 Å². The van der Waals surface area contributed by atoms with Crippen LogP contribution in [0.15, 0.2) is 24.7 Å². The number of piperidine rings is 1. The monoisotopic (exact) mass is 259 g/mol. The molecule has 0 aromatic carbocycles. The van der Waals surface area contributed by atoms with Crippen molar-refractivity contribution >= 4 is 5.82 Å². The maximum atomic E-state index is 8.95. The van der Waals surface area contributed by atoms with E-state index in [1.807, 2.05) is 0 Å². The average molecular weight is 259 g/mol. The first-order valence-electron chi connectivity index (χ1n) is 6.53. The Balaban J connectivity index is 1.63. The highest BCUT2D eigenvalue weighted by atomic mass is 16.3. The molecule has 0 saturated carbocycles. The van der Waals surface area contributed by atoms with Crippen LogP contribution in [-0.4, -0.2) is 38.4 Å². The number of hydrogen-bond acceptors (Lipinski definition) is 5. The number of nitrogens with zero attached hydrogens (tertiary/aromatic N) is 4. The summed E-state index contributed by atoms with van der Waals surface area (Å²) in [4.78, 5) is 10.8. The summed E-state index contributed by atoms with van der Waals surface area (Å²) >= 11 is 0. The van der Waals surface area contributed by atoms with Crippen LogP contribution in [0.2, 0.25) is 0 Å². The molecule has 1 saturated heterocycles. The SMILES string of the molecule is OCc1cnc(N2CCC(c3ccn[nH]3)CC2)cn1. The van der Waals surface area contributed by atoms with Gasteiger partial charge in [-0.15, -0.1) is 0 Å². The molecule has 100 valence electrons. The number of rotatable bonds is 3. The minimum atomic E-state index is -0.0603. The van der Waals surface area contributed by atoms with Gasteiger partial charge in [-0.3, -0.25) is 10.1 Å². The fourth-order valence-corrected chi connectivity index (χ4v) is 2.51. The van der Waals surface area contributed by atoms with Crippen molar-refractivity contribution in [2.45, 2.75) is 25.4 Å². The van der Waals surface area contributed by atoms with Crippen LogP contribution in [-0.2, 0) is 6.61 Å². The third-order valence-electron chi connectivity index (χ3n) is 3.63. The number of aliphatic hydroxyl groups is 1. The lowest BCUT2D eigenvalue weighted by atomic mass is 9.94. The van der Waals surface area contributed by atoms with Gasteiger partial charge in [0.25, 0.3) is 0 Å². The number of nitrogens with one attached hydrogen (secondary N) is 1. The van der Waals surface area contributed by atoms with Gasteiger partial charge >= 0.3 is 0 Å². The second-order valence-corrected chi connectivity index (χ2v) is 4.80. The Morgan fingerprint density at radius 2 is 2.11 bits per heavy atom. The first-order valence-corrected chi connectivity index (χ1v) is 6.53. The third-order valence-corrected chi connectivity index (χ3v) is 3.63. The molecule has 0 radical (unpaired) electrons. The predicted molar refractivity (Wildman–Crippen MR) is 70.7 cm³/mol. The average Bonchev–Trinajstić information content (AvgIpc) is 3.02. The molecule has 1 aliphatic heterocycles. The Kier molecular flexibility index (Phi) is 3.41. The van der Waals surface area contributed by atoms with Crippen molar-refractivity contribution in [3.63, 3.8) is 0 Å². The molecule has 1 fully saturated rings. The van der Waals surface area contributed by atoms with Gasteiger partial charge in [0.2, 0.25) is 0 Å². The van der Waals surface area contributed by atoms with Gasteiger partial charge in [-0.05, 0) is 18.9 Å². The van der Waals surface area contributed by atoms with Crippen LogP contribution in [0.25, 0.3) is 0 Å². The van der Waals surface area contributed by atoms with E-state index in [1.54, 1.807) is 18.6 Å². The molecule has 2 N–H and O–H groups in total. The van der Waals surface area contributed by atoms with Crippen LogP contribution in [0.4, 0.5) is 5.82 Å². The fourth-order valence-electron chi connectivity index (χ4n) is 2.51. The second kappa shape index (κ2) is 5.36. The smallest absolute Gasteiger partial charge is 0.147 e. The molecule has 19 heavy (non-hydrogen) atoms. The summed E-state index contributed by atoms with van der Waals surface area (Å²) in [6.07, 6.45) is 7.36. The Hall–Kier alpha value is -1.95. The van der Waals surface area contributed by atoms with Crippen molar-refractivity contribution < 1.29 is 5.11 Å². The molecule has 3 rings (SSSR count). The molecule has 2 aromatic heterocycles. The summed E-state index contributed by atoms with van der Waals surface area (Å²) < 4.78 is 0. The van der Waals surface area contributed by atoms with Crippen molar-refractivity contribution in [2.75, 3.05) is 18.0 Å². The minimum absolute atomic E-state index is 0.0603. The highest BCUT2D eigenvalue weighted by molar-refractivity contribution is 5.36. The van der Waals surface area contributed by atoms with Crippen molar-refractivity contribution in [3.8, 4) is 0 Å². The van der Waals surface area contributed by atoms with Gasteiger partial charge < -0.3 is 10.0 Å². The molecular formula is C13H17N5O. The lowest BCUT2D eigenvalue weighted by Gasteiger charge is -2.32. The number of aromatic amines is 1. The maximum Gasteiger partial charge on any atom is 0.147 e. The molecule has 0 aliphatic carbocycles. The third kappa shape index (κ3) is 2.58. The molecule has 2 aromatic rings. The maximum absolute atomic E-state index is 8.95. The Morgan fingerprint density at radius 1 is 1.26 bits per heavy atom. The molecule has 0 atom stereocenters. The van der Waals surface area contributed by atoms with Gasteiger partial charge in [0.15, 0.2) is 0 Å². The van der Waals surface area contributed by atoms with Crippen molar-refractivity contribution in [2.24, 2.45) is 0 Å². The van der Waals surface area contributed by atoms with Crippen LogP contribution in [0.3, 0.4) is 0 Å². The lowest BCUT2D eigenvalue weighted by Crippen LogP contribution is -2.33. The second-order valence-electron chi connectivity index (χ2n) is 4.80. The van der Waals surface area contributed by atoms with E-state index in [2.05, 4.69) is 31.1 Å². The summed E-state index contributed by atoms with van der Waals surface area (Å²) in [6, 6.07) is 2.05. The highest BCUT2D eigenvalue weighted by Gasteiger charge is 2.22.